The van der Waals surface area contributed by atoms with Crippen LogP contribution in [0.3, 0.4) is 0 Å². The molecule has 1 aromatic rings. The van der Waals surface area contributed by atoms with E-state index in [-0.39, 0.29) is 5.56 Å². The Morgan fingerprint density at radius 3 is 2.75 bits per heavy atom. The first-order chi connectivity index (χ1) is 7.81. The lowest BCUT2D eigenvalue weighted by Gasteiger charge is -2.34. The van der Waals surface area contributed by atoms with E-state index in [4.69, 9.17) is 0 Å². The summed E-state index contributed by atoms with van der Waals surface area (Å²) >= 11 is 0. The van der Waals surface area contributed by atoms with Gasteiger partial charge >= 0.3 is 0 Å². The summed E-state index contributed by atoms with van der Waals surface area (Å²) in [6.45, 7) is 7.15. The lowest BCUT2D eigenvalue weighted by atomic mass is 10.3. The van der Waals surface area contributed by atoms with Gasteiger partial charge in [-0.2, -0.15) is 0 Å². The second kappa shape index (κ2) is 5.12. The fourth-order valence-corrected chi connectivity index (χ4v) is 2.07. The summed E-state index contributed by atoms with van der Waals surface area (Å²) in [7, 11) is 0. The smallest absolute Gasteiger partial charge is 0.290 e. The van der Waals surface area contributed by atoms with Crippen LogP contribution in [0.2, 0.25) is 0 Å². The first-order valence-corrected chi connectivity index (χ1v) is 5.82. The number of anilines is 1. The largest absolute Gasteiger partial charge is 0.349 e. The molecular weight excluding hydrogens is 204 g/mol. The Hall–Kier alpha value is -1.36. The summed E-state index contributed by atoms with van der Waals surface area (Å²) in [5.74, 6) is 0.554. The van der Waals surface area contributed by atoms with E-state index < -0.39 is 0 Å². The van der Waals surface area contributed by atoms with E-state index in [1.165, 1.54) is 6.42 Å². The number of H-pyrrole nitrogens is 1. The van der Waals surface area contributed by atoms with Crippen molar-refractivity contribution in [1.82, 2.24) is 14.9 Å². The highest BCUT2D eigenvalue weighted by Gasteiger charge is 2.18. The molecule has 1 aliphatic heterocycles. The van der Waals surface area contributed by atoms with Crippen LogP contribution in [-0.4, -0.2) is 47.6 Å². The van der Waals surface area contributed by atoms with Crippen molar-refractivity contribution in [2.75, 3.05) is 37.6 Å². The third-order valence-corrected chi connectivity index (χ3v) is 2.90. The second-order valence-corrected chi connectivity index (χ2v) is 4.07. The molecule has 2 heterocycles. The molecule has 0 bridgehead atoms. The first-order valence-electron chi connectivity index (χ1n) is 5.82. The summed E-state index contributed by atoms with van der Waals surface area (Å²) in [6.07, 6.45) is 4.39. The van der Waals surface area contributed by atoms with E-state index >= 15 is 0 Å². The molecule has 1 N–H and O–H groups in total. The van der Waals surface area contributed by atoms with Gasteiger partial charge in [0.25, 0.3) is 5.56 Å². The normalized spacial score (nSPS) is 17.7. The zero-order valence-corrected chi connectivity index (χ0v) is 9.65. The molecule has 0 saturated carbocycles. The molecule has 0 aliphatic carbocycles. The summed E-state index contributed by atoms with van der Waals surface area (Å²) in [6, 6.07) is 0. The number of piperazine rings is 1. The molecule has 5 heteroatoms. The van der Waals surface area contributed by atoms with Crippen molar-refractivity contribution in [1.29, 1.82) is 0 Å². The van der Waals surface area contributed by atoms with Gasteiger partial charge in [0.1, 0.15) is 0 Å². The van der Waals surface area contributed by atoms with Gasteiger partial charge in [-0.05, 0) is 13.0 Å². The highest BCUT2D eigenvalue weighted by molar-refractivity contribution is 5.35. The predicted molar refractivity (Wildman–Crippen MR) is 63.8 cm³/mol. The van der Waals surface area contributed by atoms with Crippen molar-refractivity contribution in [2.24, 2.45) is 0 Å². The Labute approximate surface area is 95.1 Å². The topological polar surface area (TPSA) is 52.2 Å². The molecule has 0 amide bonds. The minimum absolute atomic E-state index is 0.0913. The van der Waals surface area contributed by atoms with Crippen molar-refractivity contribution in [3.05, 3.63) is 22.7 Å². The zero-order chi connectivity index (χ0) is 11.4. The maximum absolute atomic E-state index is 11.6. The van der Waals surface area contributed by atoms with Gasteiger partial charge in [-0.15, -0.1) is 0 Å². The maximum atomic E-state index is 11.6. The monoisotopic (exact) mass is 222 g/mol. The van der Waals surface area contributed by atoms with Gasteiger partial charge in [0.15, 0.2) is 5.82 Å². The van der Waals surface area contributed by atoms with E-state index in [1.54, 1.807) is 12.4 Å². The third kappa shape index (κ3) is 2.41. The second-order valence-electron chi connectivity index (χ2n) is 4.07. The number of hydrogen-bond acceptors (Lipinski definition) is 4. The molecule has 1 fully saturated rings. The first kappa shape index (κ1) is 11.1. The molecule has 1 saturated heterocycles. The lowest BCUT2D eigenvalue weighted by Crippen LogP contribution is -2.48. The molecule has 0 unspecified atom stereocenters. The molecular formula is C11H18N4O. The van der Waals surface area contributed by atoms with Gasteiger partial charge in [-0.3, -0.25) is 9.69 Å². The number of nitrogens with zero attached hydrogens (tertiary/aromatic N) is 3. The van der Waals surface area contributed by atoms with E-state index in [0.29, 0.717) is 5.82 Å². The summed E-state index contributed by atoms with van der Waals surface area (Å²) in [4.78, 5) is 22.8. The zero-order valence-electron chi connectivity index (χ0n) is 9.65. The number of hydrogen-bond donors (Lipinski definition) is 1. The summed E-state index contributed by atoms with van der Waals surface area (Å²) in [5.41, 5.74) is -0.0913. The van der Waals surface area contributed by atoms with Crippen LogP contribution < -0.4 is 10.5 Å². The Morgan fingerprint density at radius 2 is 2.12 bits per heavy atom. The van der Waals surface area contributed by atoms with Crippen LogP contribution in [0.15, 0.2) is 17.2 Å². The predicted octanol–water partition coefficient (Wildman–Crippen LogP) is 0.302. The highest BCUT2D eigenvalue weighted by Crippen LogP contribution is 2.07. The Balaban J connectivity index is 1.99. The van der Waals surface area contributed by atoms with Crippen molar-refractivity contribution < 1.29 is 0 Å². The standard InChI is InChI=1S/C11H18N4O/c1-2-5-14-6-8-15(9-7-14)10-11(16)13-4-3-12-10/h3-4H,2,5-9H2,1H3,(H,13,16). The van der Waals surface area contributed by atoms with Gasteiger partial charge in [-0.1, -0.05) is 6.92 Å². The molecule has 1 aromatic heterocycles. The van der Waals surface area contributed by atoms with E-state index in [1.807, 2.05) is 0 Å². The minimum atomic E-state index is -0.0913. The molecule has 2 rings (SSSR count). The van der Waals surface area contributed by atoms with Crippen molar-refractivity contribution in [3.8, 4) is 0 Å². The summed E-state index contributed by atoms with van der Waals surface area (Å²) in [5, 5.41) is 0. The number of aromatic nitrogens is 2. The lowest BCUT2D eigenvalue weighted by molar-refractivity contribution is 0.257. The molecule has 0 radical (unpaired) electrons. The van der Waals surface area contributed by atoms with Crippen LogP contribution in [0.25, 0.3) is 0 Å². The average molecular weight is 222 g/mol. The third-order valence-electron chi connectivity index (χ3n) is 2.90. The van der Waals surface area contributed by atoms with E-state index in [0.717, 1.165) is 32.7 Å². The van der Waals surface area contributed by atoms with Crippen molar-refractivity contribution >= 4 is 5.82 Å². The molecule has 5 nitrogen and oxygen atoms in total. The molecule has 16 heavy (non-hydrogen) atoms. The van der Waals surface area contributed by atoms with Crippen LogP contribution in [0.4, 0.5) is 5.82 Å². The fourth-order valence-electron chi connectivity index (χ4n) is 2.07. The summed E-state index contributed by atoms with van der Waals surface area (Å²) < 4.78 is 0. The Kier molecular flexibility index (Phi) is 3.56. The molecule has 0 atom stereocenters. The van der Waals surface area contributed by atoms with Gasteiger partial charge in [0.2, 0.25) is 0 Å². The molecule has 0 aromatic carbocycles. The minimum Gasteiger partial charge on any atom is -0.349 e. The van der Waals surface area contributed by atoms with Gasteiger partial charge in [0, 0.05) is 38.6 Å². The molecule has 1 aliphatic rings. The van der Waals surface area contributed by atoms with E-state index in [9.17, 15) is 4.79 Å². The quantitative estimate of drug-likeness (QED) is 0.799. The fraction of sp³-hybridized carbons (Fsp3) is 0.636. The number of aromatic amines is 1. The van der Waals surface area contributed by atoms with Crippen LogP contribution in [0, 0.1) is 0 Å². The molecule has 88 valence electrons. The van der Waals surface area contributed by atoms with Crippen LogP contribution in [0.5, 0.6) is 0 Å². The van der Waals surface area contributed by atoms with Crippen LogP contribution in [-0.2, 0) is 0 Å². The average Bonchev–Trinajstić information content (AvgIpc) is 2.31. The number of rotatable bonds is 3. The van der Waals surface area contributed by atoms with Crippen molar-refractivity contribution in [3.63, 3.8) is 0 Å². The highest BCUT2D eigenvalue weighted by atomic mass is 16.1. The maximum Gasteiger partial charge on any atom is 0.290 e. The van der Waals surface area contributed by atoms with Gasteiger partial charge < -0.3 is 9.88 Å². The SMILES string of the molecule is CCCN1CCN(c2ncc[nH]c2=O)CC1. The molecule has 0 spiro atoms. The van der Waals surface area contributed by atoms with Crippen molar-refractivity contribution in [2.45, 2.75) is 13.3 Å². The Morgan fingerprint density at radius 1 is 1.38 bits per heavy atom. The number of nitrogens with one attached hydrogen (secondary N) is 1. The van der Waals surface area contributed by atoms with Crippen LogP contribution >= 0.6 is 0 Å². The van der Waals surface area contributed by atoms with E-state index in [2.05, 4.69) is 26.7 Å². The Bertz CT molecular complexity index is 382. The van der Waals surface area contributed by atoms with Gasteiger partial charge in [0.05, 0.1) is 0 Å². The van der Waals surface area contributed by atoms with Gasteiger partial charge in [-0.25, -0.2) is 4.98 Å². The van der Waals surface area contributed by atoms with Crippen LogP contribution in [0.1, 0.15) is 13.3 Å².